The number of hydrogen-bond acceptors (Lipinski definition) is 3. The average molecular weight is 633 g/mol. The molecule has 3 N–H and O–H groups in total. The Bertz CT molecular complexity index is 2250. The second-order valence-corrected chi connectivity index (χ2v) is 12.7. The molecule has 4 heteroatoms. The largest absolute Gasteiger partial charge is 0.309 e. The highest BCUT2D eigenvalue weighted by Crippen LogP contribution is 2.34. The van der Waals surface area contributed by atoms with Gasteiger partial charge in [0.15, 0.2) is 0 Å². The third kappa shape index (κ3) is 5.62. The van der Waals surface area contributed by atoms with Crippen molar-refractivity contribution in [2.75, 3.05) is 0 Å². The van der Waals surface area contributed by atoms with E-state index in [1.807, 2.05) is 0 Å². The van der Waals surface area contributed by atoms with E-state index < -0.39 is 0 Å². The van der Waals surface area contributed by atoms with E-state index >= 15 is 0 Å². The summed E-state index contributed by atoms with van der Waals surface area (Å²) in [6, 6.07) is 65.2. The normalized spacial score (nSPS) is 17.8. The second kappa shape index (κ2) is 12.7. The van der Waals surface area contributed by atoms with E-state index in [4.69, 9.17) is 0 Å². The smallest absolute Gasteiger partial charge is 0.0865 e. The summed E-state index contributed by atoms with van der Waals surface area (Å²) in [5, 5.41) is 14.3. The van der Waals surface area contributed by atoms with Gasteiger partial charge in [-0.25, -0.2) is 0 Å². The highest BCUT2D eigenvalue weighted by molar-refractivity contribution is 6.09. The van der Waals surface area contributed by atoms with Crippen LogP contribution in [0.1, 0.15) is 35.2 Å². The molecule has 4 nitrogen and oxygen atoms in total. The molecule has 0 aliphatic carbocycles. The number of rotatable bonds is 6. The van der Waals surface area contributed by atoms with Gasteiger partial charge in [-0.15, -0.1) is 0 Å². The van der Waals surface area contributed by atoms with Crippen molar-refractivity contribution in [3.05, 3.63) is 199 Å². The zero-order valence-corrected chi connectivity index (χ0v) is 27.0. The van der Waals surface area contributed by atoms with Crippen LogP contribution in [0.15, 0.2) is 182 Å². The second-order valence-electron chi connectivity index (χ2n) is 12.7. The van der Waals surface area contributed by atoms with Gasteiger partial charge in [0.1, 0.15) is 0 Å². The number of nitrogens with zero attached hydrogens (tertiary/aromatic N) is 1. The highest BCUT2D eigenvalue weighted by atomic mass is 15.4. The number of benzene rings is 7. The summed E-state index contributed by atoms with van der Waals surface area (Å²) < 4.78 is 2.39. The summed E-state index contributed by atoms with van der Waals surface area (Å²) in [6.45, 7) is 0. The molecule has 236 valence electrons. The SMILES string of the molecule is c1ccc(-c2cccc(C3NC(c4cccc(-c5ccccc5)c4)NC(c4cccc(-n5c6ccccc6c6ccccc65)c4)N3)c2)cc1. The molecule has 8 aromatic rings. The Kier molecular flexibility index (Phi) is 7.60. The molecule has 2 atom stereocenters. The first kappa shape index (κ1) is 29.4. The maximum absolute atomic E-state index is 3.93. The van der Waals surface area contributed by atoms with E-state index in [0.717, 1.165) is 5.69 Å². The van der Waals surface area contributed by atoms with Crippen molar-refractivity contribution in [2.45, 2.75) is 18.5 Å². The van der Waals surface area contributed by atoms with Crippen LogP contribution in [0, 0.1) is 0 Å². The van der Waals surface area contributed by atoms with E-state index in [1.165, 1.54) is 60.8 Å². The number of hydrogen-bond donors (Lipinski definition) is 3. The molecule has 49 heavy (non-hydrogen) atoms. The van der Waals surface area contributed by atoms with Crippen molar-refractivity contribution in [1.82, 2.24) is 20.5 Å². The van der Waals surface area contributed by atoms with Gasteiger partial charge in [-0.05, 0) is 75.3 Å². The minimum absolute atomic E-state index is 0.0998. The van der Waals surface area contributed by atoms with Crippen LogP contribution in [0.3, 0.4) is 0 Å². The maximum atomic E-state index is 3.93. The molecular weight excluding hydrogens is 597 g/mol. The zero-order chi connectivity index (χ0) is 32.6. The van der Waals surface area contributed by atoms with Crippen LogP contribution in [0.2, 0.25) is 0 Å². The van der Waals surface area contributed by atoms with Crippen LogP contribution >= 0.6 is 0 Å². The molecule has 1 fully saturated rings. The predicted octanol–water partition coefficient (Wildman–Crippen LogP) is 10.3. The fraction of sp³-hybridized carbons (Fsp3) is 0.0667. The van der Waals surface area contributed by atoms with Gasteiger partial charge in [0.25, 0.3) is 0 Å². The molecule has 0 amide bonds. The van der Waals surface area contributed by atoms with Crippen LogP contribution < -0.4 is 16.0 Å². The Balaban J connectivity index is 1.13. The molecule has 1 aliphatic rings. The van der Waals surface area contributed by atoms with Crippen molar-refractivity contribution in [3.63, 3.8) is 0 Å². The summed E-state index contributed by atoms with van der Waals surface area (Å²) >= 11 is 0. The number of aromatic nitrogens is 1. The van der Waals surface area contributed by atoms with Gasteiger partial charge in [-0.2, -0.15) is 0 Å². The molecule has 9 rings (SSSR count). The molecule has 1 aliphatic heterocycles. The van der Waals surface area contributed by atoms with Crippen molar-refractivity contribution < 1.29 is 0 Å². The van der Waals surface area contributed by atoms with Crippen LogP contribution in [0.4, 0.5) is 0 Å². The Hall–Kier alpha value is -5.78. The van der Waals surface area contributed by atoms with Gasteiger partial charge in [0.05, 0.1) is 29.5 Å². The zero-order valence-electron chi connectivity index (χ0n) is 27.0. The number of fused-ring (bicyclic) bond motifs is 3. The van der Waals surface area contributed by atoms with Crippen molar-refractivity contribution in [2.24, 2.45) is 0 Å². The van der Waals surface area contributed by atoms with Gasteiger partial charge < -0.3 is 4.57 Å². The standard InChI is InChI=1S/C45H36N4/c1-3-14-31(15-4-1)33-18-11-20-35(28-33)43-46-44(36-21-12-19-34(29-36)32-16-5-2-6-17-32)48-45(47-43)37-22-13-23-38(30-37)49-41-26-9-7-24-39(41)40-25-8-10-27-42(40)49/h1-30,43-48H. The Morgan fingerprint density at radius 1 is 0.327 bits per heavy atom. The van der Waals surface area contributed by atoms with Gasteiger partial charge >= 0.3 is 0 Å². The highest BCUT2D eigenvalue weighted by Gasteiger charge is 2.30. The summed E-state index contributed by atoms with van der Waals surface area (Å²) in [6.07, 6.45) is -0.320. The van der Waals surface area contributed by atoms with E-state index in [-0.39, 0.29) is 18.5 Å². The van der Waals surface area contributed by atoms with Crippen molar-refractivity contribution >= 4 is 21.8 Å². The molecule has 2 unspecified atom stereocenters. The lowest BCUT2D eigenvalue weighted by Gasteiger charge is -2.40. The van der Waals surface area contributed by atoms with Crippen molar-refractivity contribution in [3.8, 4) is 27.9 Å². The average Bonchev–Trinajstić information content (AvgIpc) is 3.53. The molecule has 0 bridgehead atoms. The molecular formula is C45H36N4. The van der Waals surface area contributed by atoms with E-state index in [9.17, 15) is 0 Å². The third-order valence-electron chi connectivity index (χ3n) is 9.70. The molecule has 0 saturated carbocycles. The molecule has 2 heterocycles. The maximum Gasteiger partial charge on any atom is 0.0865 e. The summed E-state index contributed by atoms with van der Waals surface area (Å²) in [4.78, 5) is 0. The Labute approximate surface area is 286 Å². The first-order valence-corrected chi connectivity index (χ1v) is 17.0. The van der Waals surface area contributed by atoms with E-state index in [0.29, 0.717) is 0 Å². The summed E-state index contributed by atoms with van der Waals surface area (Å²) in [5.41, 5.74) is 11.9. The fourth-order valence-corrected chi connectivity index (χ4v) is 7.32. The fourth-order valence-electron chi connectivity index (χ4n) is 7.32. The first-order chi connectivity index (χ1) is 24.3. The first-order valence-electron chi connectivity index (χ1n) is 17.0. The van der Waals surface area contributed by atoms with Crippen LogP contribution in [-0.4, -0.2) is 4.57 Å². The predicted molar refractivity (Wildman–Crippen MR) is 202 cm³/mol. The summed E-state index contributed by atoms with van der Waals surface area (Å²) in [7, 11) is 0. The molecule has 7 aromatic carbocycles. The summed E-state index contributed by atoms with van der Waals surface area (Å²) in [5.74, 6) is 0. The third-order valence-corrected chi connectivity index (χ3v) is 9.70. The van der Waals surface area contributed by atoms with Crippen LogP contribution in [-0.2, 0) is 0 Å². The lowest BCUT2D eigenvalue weighted by molar-refractivity contribution is 0.203. The number of nitrogens with one attached hydrogen (secondary N) is 3. The molecule has 0 spiro atoms. The van der Waals surface area contributed by atoms with E-state index in [1.54, 1.807) is 0 Å². The topological polar surface area (TPSA) is 41.0 Å². The van der Waals surface area contributed by atoms with Crippen molar-refractivity contribution in [1.29, 1.82) is 0 Å². The quantitative estimate of drug-likeness (QED) is 0.171. The van der Waals surface area contributed by atoms with E-state index in [2.05, 4.69) is 203 Å². The van der Waals surface area contributed by atoms with Crippen LogP contribution in [0.25, 0.3) is 49.7 Å². The Morgan fingerprint density at radius 3 is 1.20 bits per heavy atom. The monoisotopic (exact) mass is 632 g/mol. The number of para-hydroxylation sites is 2. The van der Waals surface area contributed by atoms with Gasteiger partial charge in [-0.3, -0.25) is 16.0 Å². The van der Waals surface area contributed by atoms with Gasteiger partial charge in [-0.1, -0.05) is 146 Å². The molecule has 1 aromatic heterocycles. The lowest BCUT2D eigenvalue weighted by Crippen LogP contribution is -2.54. The molecule has 1 saturated heterocycles. The van der Waals surface area contributed by atoms with Crippen LogP contribution in [0.5, 0.6) is 0 Å². The molecule has 0 radical (unpaired) electrons. The van der Waals surface area contributed by atoms with Gasteiger partial charge in [0.2, 0.25) is 0 Å². The minimum atomic E-state index is -0.120. The van der Waals surface area contributed by atoms with Gasteiger partial charge in [0, 0.05) is 16.5 Å². The Morgan fingerprint density at radius 2 is 0.714 bits per heavy atom. The lowest BCUT2D eigenvalue weighted by atomic mass is 9.98. The minimum Gasteiger partial charge on any atom is -0.309 e.